The second-order valence-electron chi connectivity index (χ2n) is 5.39. The number of methoxy groups -OCH3 is 2. The Morgan fingerprint density at radius 1 is 1.00 bits per heavy atom. The fourth-order valence-corrected chi connectivity index (χ4v) is 3.04. The van der Waals surface area contributed by atoms with Crippen LogP contribution in [0.2, 0.25) is 0 Å². The van der Waals surface area contributed by atoms with Crippen LogP contribution in [0.3, 0.4) is 0 Å². The molecule has 2 heterocycles. The fraction of sp³-hybridized carbons (Fsp3) is 0.167. The van der Waals surface area contributed by atoms with E-state index in [9.17, 15) is 4.79 Å². The Bertz CT molecular complexity index is 954. The Labute approximate surface area is 138 Å². The monoisotopic (exact) mass is 322 g/mol. The summed E-state index contributed by atoms with van der Waals surface area (Å²) >= 11 is 0. The third-order valence-corrected chi connectivity index (χ3v) is 4.09. The average Bonchev–Trinajstić information content (AvgIpc) is 2.99. The molecular formula is C18H14N2O4. The van der Waals surface area contributed by atoms with Crippen molar-refractivity contribution < 1.29 is 19.0 Å². The maximum Gasteiger partial charge on any atom is 0.204 e. The molecule has 2 aromatic carbocycles. The van der Waals surface area contributed by atoms with Crippen LogP contribution < -0.4 is 14.2 Å². The van der Waals surface area contributed by atoms with Gasteiger partial charge in [0, 0.05) is 23.5 Å². The number of benzene rings is 2. The number of ether oxygens (including phenoxy) is 3. The molecule has 120 valence electrons. The number of ketones is 1. The van der Waals surface area contributed by atoms with Crippen LogP contribution in [0.4, 0.5) is 0 Å². The average molecular weight is 322 g/mol. The SMILES string of the molecule is COc1cc2cc3c(c(-c4cncnc4)c2cc1OC)C(=O)CO3. The number of nitrogens with zero attached hydrogens (tertiary/aromatic N) is 2. The van der Waals surface area contributed by atoms with Gasteiger partial charge < -0.3 is 14.2 Å². The Hall–Kier alpha value is -3.15. The lowest BCUT2D eigenvalue weighted by atomic mass is 9.92. The smallest absolute Gasteiger partial charge is 0.204 e. The van der Waals surface area contributed by atoms with Gasteiger partial charge in [0.2, 0.25) is 5.78 Å². The van der Waals surface area contributed by atoms with E-state index in [4.69, 9.17) is 14.2 Å². The van der Waals surface area contributed by atoms with Crippen LogP contribution in [0.1, 0.15) is 10.4 Å². The Balaban J connectivity index is 2.13. The Kier molecular flexibility index (Phi) is 3.30. The molecule has 6 heteroatoms. The van der Waals surface area contributed by atoms with Gasteiger partial charge >= 0.3 is 0 Å². The zero-order chi connectivity index (χ0) is 16.7. The van der Waals surface area contributed by atoms with E-state index in [1.807, 2.05) is 18.2 Å². The molecule has 3 aromatic rings. The standard InChI is InChI=1S/C18H14N2O4/c1-22-14-3-10-4-16-18(13(21)8-24-16)17(11-6-19-9-20-7-11)12(10)5-15(14)23-2/h3-7,9H,8H2,1-2H3. The van der Waals surface area contributed by atoms with Crippen molar-refractivity contribution in [3.8, 4) is 28.4 Å². The summed E-state index contributed by atoms with van der Waals surface area (Å²) in [5, 5.41) is 1.75. The minimum absolute atomic E-state index is 0.0423. The summed E-state index contributed by atoms with van der Waals surface area (Å²) in [7, 11) is 3.17. The summed E-state index contributed by atoms with van der Waals surface area (Å²) < 4.78 is 16.3. The molecule has 6 nitrogen and oxygen atoms in total. The summed E-state index contributed by atoms with van der Waals surface area (Å²) in [4.78, 5) is 20.5. The molecule has 1 aliphatic heterocycles. The van der Waals surface area contributed by atoms with Crippen LogP contribution in [0.15, 0.2) is 36.9 Å². The van der Waals surface area contributed by atoms with E-state index >= 15 is 0 Å². The van der Waals surface area contributed by atoms with E-state index < -0.39 is 0 Å². The lowest BCUT2D eigenvalue weighted by Gasteiger charge is -2.14. The number of Topliss-reactive ketones (excluding diaryl/α,β-unsaturated/α-hetero) is 1. The summed E-state index contributed by atoms with van der Waals surface area (Å²) in [5.41, 5.74) is 2.07. The second-order valence-corrected chi connectivity index (χ2v) is 5.39. The van der Waals surface area contributed by atoms with E-state index in [0.29, 0.717) is 22.8 Å². The van der Waals surface area contributed by atoms with Crippen molar-refractivity contribution >= 4 is 16.6 Å². The van der Waals surface area contributed by atoms with E-state index in [1.165, 1.54) is 6.33 Å². The lowest BCUT2D eigenvalue weighted by Crippen LogP contribution is -2.01. The maximum atomic E-state index is 12.4. The van der Waals surface area contributed by atoms with Gasteiger partial charge in [-0.05, 0) is 29.0 Å². The molecule has 0 atom stereocenters. The molecule has 0 saturated heterocycles. The van der Waals surface area contributed by atoms with Gasteiger partial charge in [-0.1, -0.05) is 0 Å². The highest BCUT2D eigenvalue weighted by atomic mass is 16.5. The van der Waals surface area contributed by atoms with Gasteiger partial charge in [-0.15, -0.1) is 0 Å². The van der Waals surface area contributed by atoms with E-state index in [-0.39, 0.29) is 12.4 Å². The number of hydrogen-bond acceptors (Lipinski definition) is 6. The first-order valence-electron chi connectivity index (χ1n) is 7.37. The first-order valence-corrected chi connectivity index (χ1v) is 7.37. The zero-order valence-corrected chi connectivity index (χ0v) is 13.2. The summed E-state index contributed by atoms with van der Waals surface area (Å²) in [6, 6.07) is 5.58. The number of aromatic nitrogens is 2. The van der Waals surface area contributed by atoms with Crippen LogP contribution in [-0.4, -0.2) is 36.6 Å². The highest BCUT2D eigenvalue weighted by Gasteiger charge is 2.28. The third kappa shape index (κ3) is 2.07. The van der Waals surface area contributed by atoms with Crippen molar-refractivity contribution in [2.75, 3.05) is 20.8 Å². The highest BCUT2D eigenvalue weighted by molar-refractivity contribution is 6.15. The van der Waals surface area contributed by atoms with E-state index in [1.54, 1.807) is 26.6 Å². The summed E-state index contributed by atoms with van der Waals surface area (Å²) in [6.45, 7) is 0.0423. The van der Waals surface area contributed by atoms with E-state index in [2.05, 4.69) is 9.97 Å². The van der Waals surface area contributed by atoms with Gasteiger partial charge in [0.25, 0.3) is 0 Å². The molecule has 0 radical (unpaired) electrons. The van der Waals surface area contributed by atoms with Crippen molar-refractivity contribution in [3.05, 3.63) is 42.5 Å². The number of fused-ring (bicyclic) bond motifs is 2. The minimum Gasteiger partial charge on any atom is -0.493 e. The molecule has 0 saturated carbocycles. The fourth-order valence-electron chi connectivity index (χ4n) is 3.04. The normalized spacial score (nSPS) is 12.8. The molecule has 0 N–H and O–H groups in total. The zero-order valence-electron chi connectivity index (χ0n) is 13.2. The van der Waals surface area contributed by atoms with Gasteiger partial charge in [-0.3, -0.25) is 4.79 Å². The van der Waals surface area contributed by atoms with Gasteiger partial charge in [-0.2, -0.15) is 0 Å². The molecular weight excluding hydrogens is 308 g/mol. The largest absolute Gasteiger partial charge is 0.493 e. The molecule has 1 aliphatic rings. The molecule has 0 aliphatic carbocycles. The molecule has 0 unspecified atom stereocenters. The van der Waals surface area contributed by atoms with Crippen LogP contribution in [0, 0.1) is 0 Å². The Morgan fingerprint density at radius 3 is 2.42 bits per heavy atom. The molecule has 0 bridgehead atoms. The van der Waals surface area contributed by atoms with Crippen molar-refractivity contribution in [1.82, 2.24) is 9.97 Å². The van der Waals surface area contributed by atoms with Crippen molar-refractivity contribution in [2.45, 2.75) is 0 Å². The minimum atomic E-state index is -0.0551. The van der Waals surface area contributed by atoms with Crippen LogP contribution in [0.5, 0.6) is 17.2 Å². The first-order chi connectivity index (χ1) is 11.7. The predicted octanol–water partition coefficient (Wildman–Crippen LogP) is 2.89. The summed E-state index contributed by atoms with van der Waals surface area (Å²) in [6.07, 6.45) is 4.82. The number of carbonyl (C=O) groups excluding carboxylic acids is 1. The lowest BCUT2D eigenvalue weighted by molar-refractivity contribution is 0.0961. The number of hydrogen-bond donors (Lipinski definition) is 0. The number of carbonyl (C=O) groups is 1. The molecule has 0 amide bonds. The summed E-state index contributed by atoms with van der Waals surface area (Å²) in [5.74, 6) is 1.72. The van der Waals surface area contributed by atoms with Crippen LogP contribution in [0.25, 0.3) is 21.9 Å². The second kappa shape index (κ2) is 5.49. The molecule has 0 fully saturated rings. The van der Waals surface area contributed by atoms with Crippen LogP contribution in [-0.2, 0) is 0 Å². The highest BCUT2D eigenvalue weighted by Crippen LogP contribution is 2.44. The van der Waals surface area contributed by atoms with Crippen LogP contribution >= 0.6 is 0 Å². The molecule has 1 aromatic heterocycles. The first kappa shape index (κ1) is 14.4. The molecule has 24 heavy (non-hydrogen) atoms. The topological polar surface area (TPSA) is 70.5 Å². The van der Waals surface area contributed by atoms with Crippen molar-refractivity contribution in [3.63, 3.8) is 0 Å². The van der Waals surface area contributed by atoms with Crippen molar-refractivity contribution in [2.24, 2.45) is 0 Å². The predicted molar refractivity (Wildman–Crippen MR) is 87.9 cm³/mol. The Morgan fingerprint density at radius 2 is 1.71 bits per heavy atom. The molecule has 4 rings (SSSR count). The van der Waals surface area contributed by atoms with E-state index in [0.717, 1.165) is 21.9 Å². The number of rotatable bonds is 3. The van der Waals surface area contributed by atoms with Gasteiger partial charge in [0.15, 0.2) is 18.1 Å². The van der Waals surface area contributed by atoms with Gasteiger partial charge in [0.1, 0.15) is 12.1 Å². The quantitative estimate of drug-likeness (QED) is 0.738. The molecule has 0 spiro atoms. The van der Waals surface area contributed by atoms with Gasteiger partial charge in [-0.25, -0.2) is 9.97 Å². The van der Waals surface area contributed by atoms with Crippen molar-refractivity contribution in [1.29, 1.82) is 0 Å². The van der Waals surface area contributed by atoms with Gasteiger partial charge in [0.05, 0.1) is 19.8 Å². The third-order valence-electron chi connectivity index (χ3n) is 4.09. The maximum absolute atomic E-state index is 12.4.